The van der Waals surface area contributed by atoms with Crippen molar-refractivity contribution in [1.29, 1.82) is 0 Å². The molecule has 1 amide bonds. The molecule has 18 heavy (non-hydrogen) atoms. The van der Waals surface area contributed by atoms with Crippen molar-refractivity contribution in [1.82, 2.24) is 0 Å². The fourth-order valence-corrected chi connectivity index (χ4v) is 2.61. The second kappa shape index (κ2) is 4.78. The predicted octanol–water partition coefficient (Wildman–Crippen LogP) is 2.15. The van der Waals surface area contributed by atoms with Gasteiger partial charge in [0.25, 0.3) is 0 Å². The van der Waals surface area contributed by atoms with Gasteiger partial charge in [0, 0.05) is 7.11 Å². The normalized spacial score (nSPS) is 26.8. The van der Waals surface area contributed by atoms with Gasteiger partial charge in [-0.15, -0.1) is 0 Å². The van der Waals surface area contributed by atoms with Gasteiger partial charge in [0.15, 0.2) is 0 Å². The third kappa shape index (κ3) is 1.77. The molecule has 1 aromatic rings. The maximum absolute atomic E-state index is 11.7. The van der Waals surface area contributed by atoms with Gasteiger partial charge in [-0.1, -0.05) is 48.6 Å². The van der Waals surface area contributed by atoms with Gasteiger partial charge < -0.3 is 10.5 Å². The predicted molar refractivity (Wildman–Crippen MR) is 70.7 cm³/mol. The molecule has 3 heteroatoms. The maximum atomic E-state index is 11.7. The molecule has 2 N–H and O–H groups in total. The Bertz CT molecular complexity index is 504. The molecule has 0 heterocycles. The molecule has 2 unspecified atom stereocenters. The average molecular weight is 243 g/mol. The van der Waals surface area contributed by atoms with Crippen LogP contribution in [-0.4, -0.2) is 13.0 Å². The summed E-state index contributed by atoms with van der Waals surface area (Å²) in [5.74, 6) is -0.876. The Morgan fingerprint density at radius 2 is 2.00 bits per heavy atom. The first-order valence-electron chi connectivity index (χ1n) is 5.88. The molecule has 0 aliphatic heterocycles. The van der Waals surface area contributed by atoms with E-state index in [1.807, 2.05) is 49.4 Å². The summed E-state index contributed by atoms with van der Waals surface area (Å²) in [4.78, 5) is 11.7. The lowest BCUT2D eigenvalue weighted by Gasteiger charge is -2.40. The quantitative estimate of drug-likeness (QED) is 0.884. The van der Waals surface area contributed by atoms with Crippen LogP contribution in [0, 0.1) is 5.92 Å². The van der Waals surface area contributed by atoms with Crippen LogP contribution in [0.25, 0.3) is 0 Å². The Labute approximate surface area is 107 Å². The van der Waals surface area contributed by atoms with Crippen molar-refractivity contribution in [2.45, 2.75) is 12.5 Å². The lowest BCUT2D eigenvalue weighted by Crippen LogP contribution is -2.45. The summed E-state index contributed by atoms with van der Waals surface area (Å²) < 4.78 is 5.73. The molecule has 0 aromatic heterocycles. The fraction of sp³-hybridized carbons (Fsp3) is 0.267. The summed E-state index contributed by atoms with van der Waals surface area (Å²) in [7, 11) is 1.61. The van der Waals surface area contributed by atoms with Crippen LogP contribution >= 0.6 is 0 Å². The number of benzene rings is 1. The highest BCUT2D eigenvalue weighted by Gasteiger charge is 2.45. The molecule has 0 saturated heterocycles. The first-order valence-corrected chi connectivity index (χ1v) is 5.88. The van der Waals surface area contributed by atoms with E-state index >= 15 is 0 Å². The number of allylic oxidation sites excluding steroid dienone is 2. The lowest BCUT2D eigenvalue weighted by atomic mass is 9.73. The van der Waals surface area contributed by atoms with Gasteiger partial charge in [-0.25, -0.2) is 0 Å². The van der Waals surface area contributed by atoms with Crippen LogP contribution in [0.15, 0.2) is 54.1 Å². The number of methoxy groups -OCH3 is 1. The van der Waals surface area contributed by atoms with E-state index in [0.717, 1.165) is 11.1 Å². The molecular weight excluding hydrogens is 226 g/mol. The Balaban J connectivity index is 2.62. The van der Waals surface area contributed by atoms with E-state index in [1.54, 1.807) is 13.2 Å². The van der Waals surface area contributed by atoms with Gasteiger partial charge in [-0.2, -0.15) is 0 Å². The summed E-state index contributed by atoms with van der Waals surface area (Å²) in [6, 6.07) is 9.70. The highest BCUT2D eigenvalue weighted by atomic mass is 16.5. The van der Waals surface area contributed by atoms with Crippen LogP contribution < -0.4 is 5.73 Å². The van der Waals surface area contributed by atoms with E-state index in [4.69, 9.17) is 10.5 Å². The van der Waals surface area contributed by atoms with Crippen molar-refractivity contribution in [3.63, 3.8) is 0 Å². The minimum Gasteiger partial charge on any atom is -0.369 e. The molecule has 2 rings (SSSR count). The standard InChI is InChI=1S/C15H17NO2/c1-11-7-6-10-13(14(16)17)15(11,18-2)12-8-4-3-5-9-12/h3-10,13H,1-2H3,(H2,16,17). The van der Waals surface area contributed by atoms with Crippen molar-refractivity contribution in [2.75, 3.05) is 7.11 Å². The fourth-order valence-electron chi connectivity index (χ4n) is 2.61. The molecule has 2 atom stereocenters. The number of nitrogens with two attached hydrogens (primary N) is 1. The zero-order valence-electron chi connectivity index (χ0n) is 10.6. The van der Waals surface area contributed by atoms with Gasteiger partial charge >= 0.3 is 0 Å². The largest absolute Gasteiger partial charge is 0.369 e. The number of hydrogen-bond acceptors (Lipinski definition) is 2. The smallest absolute Gasteiger partial charge is 0.228 e. The zero-order chi connectivity index (χ0) is 13.2. The van der Waals surface area contributed by atoms with Crippen LogP contribution in [0.4, 0.5) is 0 Å². The van der Waals surface area contributed by atoms with Crippen molar-refractivity contribution >= 4 is 5.91 Å². The topological polar surface area (TPSA) is 52.3 Å². The van der Waals surface area contributed by atoms with Crippen LogP contribution in [0.3, 0.4) is 0 Å². The summed E-state index contributed by atoms with van der Waals surface area (Å²) in [6.45, 7) is 1.95. The molecule has 0 fully saturated rings. The lowest BCUT2D eigenvalue weighted by molar-refractivity contribution is -0.129. The number of ether oxygens (including phenoxy) is 1. The first-order chi connectivity index (χ1) is 8.63. The van der Waals surface area contributed by atoms with Crippen molar-refractivity contribution in [3.05, 3.63) is 59.7 Å². The van der Waals surface area contributed by atoms with Crippen LogP contribution in [0.1, 0.15) is 12.5 Å². The highest BCUT2D eigenvalue weighted by Crippen LogP contribution is 2.42. The van der Waals surface area contributed by atoms with E-state index in [0.29, 0.717) is 0 Å². The first kappa shape index (κ1) is 12.6. The average Bonchev–Trinajstić information content (AvgIpc) is 2.39. The minimum atomic E-state index is -0.790. The van der Waals surface area contributed by atoms with E-state index < -0.39 is 11.5 Å². The highest BCUT2D eigenvalue weighted by molar-refractivity contribution is 5.81. The third-order valence-electron chi connectivity index (χ3n) is 3.50. The molecule has 0 bridgehead atoms. The van der Waals surface area contributed by atoms with E-state index in [-0.39, 0.29) is 5.91 Å². The van der Waals surface area contributed by atoms with Crippen LogP contribution in [0.2, 0.25) is 0 Å². The molecular formula is C15H17NO2. The number of carbonyl (C=O) groups is 1. The van der Waals surface area contributed by atoms with E-state index in [9.17, 15) is 4.79 Å². The van der Waals surface area contributed by atoms with Crippen LogP contribution in [0.5, 0.6) is 0 Å². The number of primary amides is 1. The van der Waals surface area contributed by atoms with Gasteiger partial charge in [0.05, 0.1) is 5.92 Å². The van der Waals surface area contributed by atoms with E-state index in [1.165, 1.54) is 0 Å². The van der Waals surface area contributed by atoms with Gasteiger partial charge in [0.2, 0.25) is 5.91 Å². The number of rotatable bonds is 3. The SMILES string of the molecule is COC1(c2ccccc2)C(C)=CC=CC1C(N)=O. The number of hydrogen-bond donors (Lipinski definition) is 1. The Hall–Kier alpha value is -1.87. The van der Waals surface area contributed by atoms with Crippen molar-refractivity contribution in [2.24, 2.45) is 11.7 Å². The Morgan fingerprint density at radius 1 is 1.33 bits per heavy atom. The van der Waals surface area contributed by atoms with Gasteiger partial charge in [-0.05, 0) is 18.1 Å². The van der Waals surface area contributed by atoms with Crippen LogP contribution in [-0.2, 0) is 15.1 Å². The third-order valence-corrected chi connectivity index (χ3v) is 3.50. The van der Waals surface area contributed by atoms with E-state index in [2.05, 4.69) is 0 Å². The molecule has 0 radical (unpaired) electrons. The summed E-state index contributed by atoms with van der Waals surface area (Å²) >= 11 is 0. The Morgan fingerprint density at radius 3 is 2.56 bits per heavy atom. The summed E-state index contributed by atoms with van der Waals surface area (Å²) in [6.07, 6.45) is 5.60. The second-order valence-corrected chi connectivity index (χ2v) is 4.42. The van der Waals surface area contributed by atoms with Gasteiger partial charge in [0.1, 0.15) is 5.60 Å². The minimum absolute atomic E-state index is 0.385. The molecule has 1 aliphatic rings. The molecule has 0 spiro atoms. The summed E-state index contributed by atoms with van der Waals surface area (Å²) in [5, 5.41) is 0. The second-order valence-electron chi connectivity index (χ2n) is 4.42. The maximum Gasteiger partial charge on any atom is 0.228 e. The zero-order valence-corrected chi connectivity index (χ0v) is 10.6. The number of amides is 1. The molecule has 1 aliphatic carbocycles. The van der Waals surface area contributed by atoms with Crippen molar-refractivity contribution in [3.8, 4) is 0 Å². The monoisotopic (exact) mass is 243 g/mol. The van der Waals surface area contributed by atoms with Gasteiger partial charge in [-0.3, -0.25) is 4.79 Å². The molecule has 3 nitrogen and oxygen atoms in total. The summed E-state index contributed by atoms with van der Waals surface area (Å²) in [5.41, 5.74) is 6.64. The molecule has 0 saturated carbocycles. The molecule has 1 aromatic carbocycles. The Kier molecular flexibility index (Phi) is 3.34. The number of carbonyl (C=O) groups excluding carboxylic acids is 1. The van der Waals surface area contributed by atoms with Crippen molar-refractivity contribution < 1.29 is 9.53 Å². The molecule has 94 valence electrons.